The molecule has 1 heterocycles. The maximum Gasteiger partial charge on any atom is 0.195 e. The number of rotatable bonds is 2. The zero-order chi connectivity index (χ0) is 7.56. The number of aryl methyl sites for hydroxylation is 1. The van der Waals surface area contributed by atoms with E-state index >= 15 is 0 Å². The predicted molar refractivity (Wildman–Crippen MR) is 34.4 cm³/mol. The van der Waals surface area contributed by atoms with Crippen LogP contribution < -0.4 is 5.73 Å². The molecule has 5 nitrogen and oxygen atoms in total. The topological polar surface area (TPSA) is 73.8 Å². The van der Waals surface area contributed by atoms with Crippen LogP contribution >= 0.6 is 0 Å². The zero-order valence-corrected chi connectivity index (χ0v) is 5.61. The summed E-state index contributed by atoms with van der Waals surface area (Å²) in [6.45, 7) is 0.00120. The summed E-state index contributed by atoms with van der Waals surface area (Å²) in [5.74, 6) is -0.146. The molecule has 1 rings (SSSR count). The minimum Gasteiger partial charge on any atom is -0.324 e. The fourth-order valence-electron chi connectivity index (χ4n) is 0.647. The molecule has 0 aliphatic carbocycles. The van der Waals surface area contributed by atoms with Crippen molar-refractivity contribution in [3.63, 3.8) is 0 Å². The molecule has 0 aliphatic rings. The number of Topliss-reactive ketones (excluding diaryl/α,β-unsaturated/α-hetero) is 1. The van der Waals surface area contributed by atoms with Crippen LogP contribution in [0.1, 0.15) is 10.5 Å². The minimum atomic E-state index is -0.146. The van der Waals surface area contributed by atoms with Gasteiger partial charge < -0.3 is 5.73 Å². The van der Waals surface area contributed by atoms with Gasteiger partial charge in [-0.25, -0.2) is 4.68 Å². The lowest BCUT2D eigenvalue weighted by Crippen LogP contribution is -2.16. The molecule has 0 aliphatic heterocycles. The van der Waals surface area contributed by atoms with Crippen LogP contribution in [-0.2, 0) is 7.05 Å². The zero-order valence-electron chi connectivity index (χ0n) is 5.61. The number of hydrogen-bond acceptors (Lipinski definition) is 4. The van der Waals surface area contributed by atoms with Crippen LogP contribution in [0.4, 0.5) is 0 Å². The Hall–Kier alpha value is -1.23. The van der Waals surface area contributed by atoms with Gasteiger partial charge in [0.15, 0.2) is 5.78 Å². The number of hydrogen-bond donors (Lipinski definition) is 1. The monoisotopic (exact) mass is 140 g/mol. The Balaban J connectivity index is 2.93. The second-order valence-corrected chi connectivity index (χ2v) is 1.87. The van der Waals surface area contributed by atoms with Crippen LogP contribution in [0, 0.1) is 0 Å². The number of nitrogens with two attached hydrogens (primary N) is 1. The van der Waals surface area contributed by atoms with Crippen LogP contribution in [0.5, 0.6) is 0 Å². The summed E-state index contributed by atoms with van der Waals surface area (Å²) in [6.07, 6.45) is 1.40. The van der Waals surface area contributed by atoms with Crippen molar-refractivity contribution in [2.45, 2.75) is 0 Å². The number of ketones is 1. The van der Waals surface area contributed by atoms with Crippen LogP contribution in [0.2, 0.25) is 0 Å². The third-order valence-electron chi connectivity index (χ3n) is 1.19. The molecule has 0 amide bonds. The van der Waals surface area contributed by atoms with Crippen LogP contribution in [0.25, 0.3) is 0 Å². The third kappa shape index (κ3) is 1.03. The van der Waals surface area contributed by atoms with E-state index in [2.05, 4.69) is 10.3 Å². The number of carbonyl (C=O) groups is 1. The molecule has 1 aromatic rings. The molecule has 0 fully saturated rings. The first-order chi connectivity index (χ1) is 4.75. The molecule has 5 heteroatoms. The Morgan fingerprint density at radius 3 is 3.00 bits per heavy atom. The number of aromatic nitrogens is 3. The summed E-state index contributed by atoms with van der Waals surface area (Å²) < 4.78 is 1.40. The maximum absolute atomic E-state index is 10.9. The van der Waals surface area contributed by atoms with Gasteiger partial charge in [0.05, 0.1) is 12.7 Å². The molecule has 0 atom stereocenters. The highest BCUT2D eigenvalue weighted by Crippen LogP contribution is 1.92. The fraction of sp³-hybridized carbons (Fsp3) is 0.400. The predicted octanol–water partition coefficient (Wildman–Crippen LogP) is -1.04. The van der Waals surface area contributed by atoms with Gasteiger partial charge in [-0.2, -0.15) is 0 Å². The Bertz CT molecular complexity index is 242. The van der Waals surface area contributed by atoms with Gasteiger partial charge in [-0.05, 0) is 0 Å². The molecule has 0 bridgehead atoms. The molecule has 10 heavy (non-hydrogen) atoms. The molecule has 0 unspecified atom stereocenters. The SMILES string of the molecule is Cn1nncc1C(=O)CN. The van der Waals surface area contributed by atoms with Gasteiger partial charge >= 0.3 is 0 Å². The van der Waals surface area contributed by atoms with Crippen molar-refractivity contribution in [3.05, 3.63) is 11.9 Å². The molecule has 0 radical (unpaired) electrons. The third-order valence-corrected chi connectivity index (χ3v) is 1.19. The van der Waals surface area contributed by atoms with Crippen LogP contribution in [-0.4, -0.2) is 27.3 Å². The van der Waals surface area contributed by atoms with Gasteiger partial charge in [0, 0.05) is 7.05 Å². The molecule has 54 valence electrons. The largest absolute Gasteiger partial charge is 0.324 e. The van der Waals surface area contributed by atoms with Crippen molar-refractivity contribution in [3.8, 4) is 0 Å². The highest BCUT2D eigenvalue weighted by molar-refractivity contribution is 5.95. The van der Waals surface area contributed by atoms with E-state index in [0.717, 1.165) is 0 Å². The molecule has 0 saturated heterocycles. The van der Waals surface area contributed by atoms with Gasteiger partial charge in [-0.3, -0.25) is 4.79 Å². The summed E-state index contributed by atoms with van der Waals surface area (Å²) in [5, 5.41) is 7.10. The van der Waals surface area contributed by atoms with E-state index in [0.29, 0.717) is 5.69 Å². The van der Waals surface area contributed by atoms with E-state index in [-0.39, 0.29) is 12.3 Å². The number of nitrogens with zero attached hydrogens (tertiary/aromatic N) is 3. The standard InChI is InChI=1S/C5H8N4O/c1-9-4(3-7-8-9)5(10)2-6/h3H,2,6H2,1H3. The maximum atomic E-state index is 10.9. The van der Waals surface area contributed by atoms with Gasteiger partial charge in [0.25, 0.3) is 0 Å². The van der Waals surface area contributed by atoms with Gasteiger partial charge in [0.2, 0.25) is 0 Å². The normalized spacial score (nSPS) is 9.80. The molecule has 0 saturated carbocycles. The Kier molecular flexibility index (Phi) is 1.77. The molecule has 0 spiro atoms. The van der Waals surface area contributed by atoms with Crippen molar-refractivity contribution in [2.75, 3.05) is 6.54 Å². The quantitative estimate of drug-likeness (QED) is 0.532. The van der Waals surface area contributed by atoms with E-state index in [1.807, 2.05) is 0 Å². The summed E-state index contributed by atoms with van der Waals surface area (Å²) in [5.41, 5.74) is 5.56. The van der Waals surface area contributed by atoms with Crippen molar-refractivity contribution >= 4 is 5.78 Å². The lowest BCUT2D eigenvalue weighted by atomic mass is 10.3. The van der Waals surface area contributed by atoms with E-state index in [1.54, 1.807) is 7.05 Å². The Morgan fingerprint density at radius 1 is 1.90 bits per heavy atom. The van der Waals surface area contributed by atoms with Crippen LogP contribution in [0.15, 0.2) is 6.20 Å². The van der Waals surface area contributed by atoms with E-state index < -0.39 is 0 Å². The first-order valence-corrected chi connectivity index (χ1v) is 2.83. The van der Waals surface area contributed by atoms with E-state index in [9.17, 15) is 4.79 Å². The first kappa shape index (κ1) is 6.88. The van der Waals surface area contributed by atoms with E-state index in [1.165, 1.54) is 10.9 Å². The van der Waals surface area contributed by atoms with Gasteiger partial charge in [-0.1, -0.05) is 5.21 Å². The van der Waals surface area contributed by atoms with Crippen molar-refractivity contribution in [2.24, 2.45) is 12.8 Å². The average Bonchev–Trinajstić information content (AvgIpc) is 2.34. The number of carbonyl (C=O) groups excluding carboxylic acids is 1. The fourth-order valence-corrected chi connectivity index (χ4v) is 0.647. The molecular formula is C5H8N4O. The first-order valence-electron chi connectivity index (χ1n) is 2.83. The summed E-state index contributed by atoms with van der Waals surface area (Å²) in [7, 11) is 1.65. The second kappa shape index (κ2) is 2.57. The van der Waals surface area contributed by atoms with Crippen LogP contribution in [0.3, 0.4) is 0 Å². The summed E-state index contributed by atoms with van der Waals surface area (Å²) in [4.78, 5) is 10.9. The second-order valence-electron chi connectivity index (χ2n) is 1.87. The smallest absolute Gasteiger partial charge is 0.195 e. The lowest BCUT2D eigenvalue weighted by molar-refractivity contribution is 0.0992. The highest BCUT2D eigenvalue weighted by Gasteiger charge is 2.07. The minimum absolute atomic E-state index is 0.00120. The van der Waals surface area contributed by atoms with E-state index in [4.69, 9.17) is 5.73 Å². The summed E-state index contributed by atoms with van der Waals surface area (Å²) >= 11 is 0. The summed E-state index contributed by atoms with van der Waals surface area (Å²) in [6, 6.07) is 0. The van der Waals surface area contributed by atoms with Crippen molar-refractivity contribution in [1.29, 1.82) is 0 Å². The molecule has 1 aromatic heterocycles. The Morgan fingerprint density at radius 2 is 2.60 bits per heavy atom. The lowest BCUT2D eigenvalue weighted by Gasteiger charge is -1.93. The van der Waals surface area contributed by atoms with Crippen molar-refractivity contribution in [1.82, 2.24) is 15.0 Å². The average molecular weight is 140 g/mol. The van der Waals surface area contributed by atoms with Gasteiger partial charge in [-0.15, -0.1) is 5.10 Å². The highest BCUT2D eigenvalue weighted by atomic mass is 16.1. The Labute approximate surface area is 57.8 Å². The molecule has 0 aromatic carbocycles. The molecular weight excluding hydrogens is 132 g/mol. The molecule has 2 N–H and O–H groups in total. The van der Waals surface area contributed by atoms with Gasteiger partial charge in [0.1, 0.15) is 5.69 Å². The van der Waals surface area contributed by atoms with Crippen molar-refractivity contribution < 1.29 is 4.79 Å².